The van der Waals surface area contributed by atoms with Crippen molar-refractivity contribution in [2.75, 3.05) is 25.6 Å². The summed E-state index contributed by atoms with van der Waals surface area (Å²) < 4.78 is 90.8. The van der Waals surface area contributed by atoms with Crippen LogP contribution in [0.15, 0.2) is 41.7 Å². The van der Waals surface area contributed by atoms with E-state index in [2.05, 4.69) is 20.3 Å². The third-order valence-electron chi connectivity index (χ3n) is 6.07. The number of nitrogens with two attached hydrogens (primary N) is 1. The van der Waals surface area contributed by atoms with Crippen LogP contribution < -0.4 is 15.8 Å². The number of benzene rings is 1. The molecule has 3 aromatic rings. The second-order valence-electron chi connectivity index (χ2n) is 9.58. The highest BCUT2D eigenvalue weighted by Gasteiger charge is 2.44. The molecule has 1 aliphatic heterocycles. The molecule has 39 heavy (non-hydrogen) atoms. The van der Waals surface area contributed by atoms with Crippen molar-refractivity contribution < 1.29 is 35.8 Å². The maximum absolute atomic E-state index is 15.1. The smallest absolute Gasteiger partial charge is 0.340 e. The molecule has 0 bridgehead atoms. The van der Waals surface area contributed by atoms with Crippen molar-refractivity contribution in [1.29, 1.82) is 0 Å². The molecule has 2 atom stereocenters. The van der Waals surface area contributed by atoms with Crippen LogP contribution >= 0.6 is 11.8 Å². The first kappa shape index (κ1) is 28.7. The van der Waals surface area contributed by atoms with E-state index in [0.29, 0.717) is 18.4 Å². The van der Waals surface area contributed by atoms with E-state index in [4.69, 9.17) is 15.2 Å². The number of alkyl halides is 4. The van der Waals surface area contributed by atoms with E-state index in [1.54, 1.807) is 6.92 Å². The standard InChI is InChI=1S/C25H25F6N5O2S/c1-23(11-37-3)10-24(2,36-22(32)39-23)16-7-14(8-17(26)18(16)27)35-20-19-13(4-5-33-20)6-15(9-34-19)38-12-25(30,31)21(28)29/h4-9,21H,10-12H2,1-3H3,(H2,32,36)(H,33,35)/t23-,24+/m1/s1. The molecule has 4 rings (SSSR count). The summed E-state index contributed by atoms with van der Waals surface area (Å²) in [6.07, 6.45) is -1.13. The Hall–Kier alpha value is -3.26. The molecule has 1 aliphatic rings. The maximum Gasteiger partial charge on any atom is 0.340 e. The average molecular weight is 574 g/mol. The van der Waals surface area contributed by atoms with E-state index in [-0.39, 0.29) is 33.5 Å². The number of amidine groups is 1. The van der Waals surface area contributed by atoms with Gasteiger partial charge in [0.2, 0.25) is 0 Å². The number of methoxy groups -OCH3 is 1. The minimum absolute atomic E-state index is 0.0283. The zero-order valence-electron chi connectivity index (χ0n) is 21.1. The first-order chi connectivity index (χ1) is 18.2. The van der Waals surface area contributed by atoms with Crippen molar-refractivity contribution in [3.05, 3.63) is 53.9 Å². The summed E-state index contributed by atoms with van der Waals surface area (Å²) in [7, 11) is 1.54. The van der Waals surface area contributed by atoms with Gasteiger partial charge in [-0.3, -0.25) is 4.99 Å². The van der Waals surface area contributed by atoms with E-state index < -0.39 is 40.9 Å². The van der Waals surface area contributed by atoms with Gasteiger partial charge in [-0.2, -0.15) is 8.78 Å². The fourth-order valence-electron chi connectivity index (χ4n) is 4.51. The fourth-order valence-corrected chi connectivity index (χ4v) is 5.79. The van der Waals surface area contributed by atoms with Crippen LogP contribution in [-0.4, -0.2) is 52.6 Å². The third-order valence-corrected chi connectivity index (χ3v) is 7.13. The molecule has 0 unspecified atom stereocenters. The molecule has 2 aromatic heterocycles. The lowest BCUT2D eigenvalue weighted by Gasteiger charge is -2.41. The summed E-state index contributed by atoms with van der Waals surface area (Å²) in [6, 6.07) is 5.17. The van der Waals surface area contributed by atoms with Crippen molar-refractivity contribution >= 4 is 39.3 Å². The number of aromatic nitrogens is 2. The molecule has 0 saturated carbocycles. The summed E-state index contributed by atoms with van der Waals surface area (Å²) >= 11 is 1.30. The summed E-state index contributed by atoms with van der Waals surface area (Å²) in [4.78, 5) is 12.8. The number of aliphatic imine (C=N–C) groups is 1. The van der Waals surface area contributed by atoms with Gasteiger partial charge in [0, 0.05) is 40.8 Å². The monoisotopic (exact) mass is 573 g/mol. The number of anilines is 2. The Labute approximate surface area is 224 Å². The molecule has 0 aliphatic carbocycles. The van der Waals surface area contributed by atoms with Gasteiger partial charge in [0.05, 0.1) is 18.3 Å². The Morgan fingerprint density at radius 3 is 2.62 bits per heavy atom. The number of hydrogen-bond donors (Lipinski definition) is 2. The molecular formula is C25H25F6N5O2S. The van der Waals surface area contributed by atoms with E-state index in [9.17, 15) is 22.0 Å². The Kier molecular flexibility index (Phi) is 7.90. The van der Waals surface area contributed by atoms with Crippen LogP contribution in [0.25, 0.3) is 10.9 Å². The number of ether oxygens (including phenoxy) is 2. The highest BCUT2D eigenvalue weighted by atomic mass is 32.2. The molecule has 14 heteroatoms. The molecule has 210 valence electrons. The topological polar surface area (TPSA) is 94.6 Å². The number of pyridine rings is 2. The Morgan fingerprint density at radius 1 is 1.18 bits per heavy atom. The van der Waals surface area contributed by atoms with Crippen molar-refractivity contribution in [3.8, 4) is 5.75 Å². The van der Waals surface area contributed by atoms with Crippen LogP contribution in [0, 0.1) is 11.6 Å². The van der Waals surface area contributed by atoms with Gasteiger partial charge < -0.3 is 20.5 Å². The highest BCUT2D eigenvalue weighted by Crippen LogP contribution is 2.46. The van der Waals surface area contributed by atoms with Gasteiger partial charge in [0.25, 0.3) is 0 Å². The Bertz CT molecular complexity index is 1410. The molecule has 0 amide bonds. The molecule has 0 saturated heterocycles. The second kappa shape index (κ2) is 10.7. The number of rotatable bonds is 9. The molecule has 7 nitrogen and oxygen atoms in total. The van der Waals surface area contributed by atoms with E-state index in [1.807, 2.05) is 6.92 Å². The fraction of sp³-hybridized carbons (Fsp3) is 0.400. The molecular weight excluding hydrogens is 548 g/mol. The van der Waals surface area contributed by atoms with Crippen LogP contribution in [-0.2, 0) is 10.3 Å². The van der Waals surface area contributed by atoms with Crippen LogP contribution in [0.1, 0.15) is 25.8 Å². The summed E-state index contributed by atoms with van der Waals surface area (Å²) in [5.41, 5.74) is 5.21. The normalized spacial score (nSPS) is 21.7. The van der Waals surface area contributed by atoms with E-state index in [0.717, 1.165) is 12.3 Å². The lowest BCUT2D eigenvalue weighted by atomic mass is 9.83. The number of hydrogen-bond acceptors (Lipinski definition) is 8. The SMILES string of the molecule is COC[C@@]1(C)C[C@@](C)(c2cc(Nc3nccc4cc(OCC(F)(F)C(F)F)cnc34)cc(F)c2F)N=C(N)S1. The largest absolute Gasteiger partial charge is 0.485 e. The zero-order valence-corrected chi connectivity index (χ0v) is 21.9. The van der Waals surface area contributed by atoms with Crippen molar-refractivity contribution in [3.63, 3.8) is 0 Å². The molecule has 0 fully saturated rings. The third kappa shape index (κ3) is 6.16. The van der Waals surface area contributed by atoms with Crippen LogP contribution in [0.2, 0.25) is 0 Å². The van der Waals surface area contributed by atoms with E-state index in [1.165, 1.54) is 43.3 Å². The Morgan fingerprint density at radius 2 is 1.92 bits per heavy atom. The van der Waals surface area contributed by atoms with Gasteiger partial charge in [0.15, 0.2) is 29.2 Å². The van der Waals surface area contributed by atoms with Crippen LogP contribution in [0.5, 0.6) is 5.75 Å². The molecule has 3 N–H and O–H groups in total. The molecule has 0 spiro atoms. The minimum atomic E-state index is -4.33. The van der Waals surface area contributed by atoms with E-state index >= 15 is 4.39 Å². The minimum Gasteiger partial charge on any atom is -0.485 e. The van der Waals surface area contributed by atoms with Crippen molar-refractivity contribution in [1.82, 2.24) is 9.97 Å². The van der Waals surface area contributed by atoms with Crippen LogP contribution in [0.3, 0.4) is 0 Å². The van der Waals surface area contributed by atoms with Gasteiger partial charge in [-0.15, -0.1) is 0 Å². The summed E-state index contributed by atoms with van der Waals surface area (Å²) in [6.45, 7) is 2.34. The molecule has 0 radical (unpaired) electrons. The second-order valence-corrected chi connectivity index (χ2v) is 11.2. The van der Waals surface area contributed by atoms with Crippen molar-refractivity contribution in [2.24, 2.45) is 10.7 Å². The summed E-state index contributed by atoms with van der Waals surface area (Å²) in [5, 5.41) is 3.50. The van der Waals surface area contributed by atoms with Crippen LogP contribution in [0.4, 0.5) is 37.8 Å². The Balaban J connectivity index is 1.65. The van der Waals surface area contributed by atoms with Gasteiger partial charge >= 0.3 is 12.3 Å². The first-order valence-electron chi connectivity index (χ1n) is 11.6. The lowest BCUT2D eigenvalue weighted by Crippen LogP contribution is -2.43. The molecule has 3 heterocycles. The first-order valence-corrected chi connectivity index (χ1v) is 12.4. The van der Waals surface area contributed by atoms with Gasteiger partial charge in [-0.1, -0.05) is 11.8 Å². The maximum atomic E-state index is 15.1. The predicted molar refractivity (Wildman–Crippen MR) is 137 cm³/mol. The van der Waals surface area contributed by atoms with Gasteiger partial charge in [0.1, 0.15) is 11.3 Å². The lowest BCUT2D eigenvalue weighted by molar-refractivity contribution is -0.148. The number of halogens is 6. The predicted octanol–water partition coefficient (Wildman–Crippen LogP) is 6.00. The summed E-state index contributed by atoms with van der Waals surface area (Å²) in [5.74, 6) is -6.54. The highest BCUT2D eigenvalue weighted by molar-refractivity contribution is 8.15. The van der Waals surface area contributed by atoms with Gasteiger partial charge in [-0.05, 0) is 38.5 Å². The quantitative estimate of drug-likeness (QED) is 0.303. The number of fused-ring (bicyclic) bond motifs is 1. The number of thioether (sulfide) groups is 1. The van der Waals surface area contributed by atoms with Gasteiger partial charge in [-0.25, -0.2) is 27.5 Å². The number of nitrogens with zero attached hydrogens (tertiary/aromatic N) is 3. The zero-order chi connectivity index (χ0) is 28.6. The van der Waals surface area contributed by atoms with Crippen molar-refractivity contribution in [2.45, 2.75) is 42.9 Å². The molecule has 1 aromatic carbocycles. The number of nitrogens with one attached hydrogen (secondary N) is 1. The average Bonchev–Trinajstić information content (AvgIpc) is 2.84.